The minimum atomic E-state index is -4.02. The fourth-order valence-corrected chi connectivity index (χ4v) is 1.94. The van der Waals surface area contributed by atoms with Crippen molar-refractivity contribution in [1.82, 2.24) is 0 Å². The van der Waals surface area contributed by atoms with Gasteiger partial charge in [0.15, 0.2) is 0 Å². The van der Waals surface area contributed by atoms with Gasteiger partial charge in [0.05, 0.1) is 4.90 Å². The highest BCUT2D eigenvalue weighted by Gasteiger charge is 2.15. The van der Waals surface area contributed by atoms with Crippen LogP contribution in [0.5, 0.6) is 0 Å². The lowest BCUT2D eigenvalue weighted by molar-refractivity contribution is 0.383. The summed E-state index contributed by atoms with van der Waals surface area (Å²) in [7, 11) is -4.02. The minimum Gasteiger partial charge on any atom is -0.325 e. The molecule has 0 bridgehead atoms. The molecule has 0 aliphatic heterocycles. The molecule has 4 nitrogen and oxygen atoms in total. The van der Waals surface area contributed by atoms with Gasteiger partial charge in [-0.15, -0.1) is 0 Å². The maximum Gasteiger partial charge on any atom is 0.294 e. The molecular weight excluding hydrogens is 262 g/mol. The van der Waals surface area contributed by atoms with Gasteiger partial charge in [-0.05, 0) is 38.3 Å². The van der Waals surface area contributed by atoms with Crippen LogP contribution in [0.25, 0.3) is 0 Å². The third-order valence-corrected chi connectivity index (χ3v) is 4.30. The smallest absolute Gasteiger partial charge is 0.294 e. The van der Waals surface area contributed by atoms with Gasteiger partial charge in [0.1, 0.15) is 0 Å². The second kappa shape index (κ2) is 7.62. The lowest BCUT2D eigenvalue weighted by Gasteiger charge is -2.23. The second-order valence-corrected chi connectivity index (χ2v) is 6.13. The van der Waals surface area contributed by atoms with Crippen molar-refractivity contribution < 1.29 is 13.0 Å². The van der Waals surface area contributed by atoms with E-state index in [2.05, 4.69) is 20.8 Å². The Morgan fingerprint density at radius 1 is 1.05 bits per heavy atom. The Hall–Kier alpha value is -0.910. The van der Waals surface area contributed by atoms with Crippen molar-refractivity contribution in [3.05, 3.63) is 29.8 Å². The largest absolute Gasteiger partial charge is 0.325 e. The summed E-state index contributed by atoms with van der Waals surface area (Å²) in [5.74, 6) is 0. The molecule has 0 amide bonds. The molecule has 1 aromatic carbocycles. The van der Waals surface area contributed by atoms with Gasteiger partial charge < -0.3 is 5.73 Å². The lowest BCUT2D eigenvalue weighted by atomic mass is 9.92. The molecule has 1 rings (SSSR count). The number of hydrogen-bond donors (Lipinski definition) is 2. The Labute approximate surface area is 116 Å². The summed E-state index contributed by atoms with van der Waals surface area (Å²) in [5, 5.41) is 0. The van der Waals surface area contributed by atoms with E-state index in [1.165, 1.54) is 12.1 Å². The molecule has 0 saturated carbocycles. The molecule has 0 saturated heterocycles. The number of rotatable bonds is 4. The van der Waals surface area contributed by atoms with Crippen molar-refractivity contribution in [3.8, 4) is 0 Å². The highest BCUT2D eigenvalue weighted by atomic mass is 32.2. The van der Waals surface area contributed by atoms with Crippen LogP contribution in [0, 0.1) is 6.92 Å². The molecule has 0 aromatic heterocycles. The Kier molecular flexibility index (Phi) is 7.26. The SMILES string of the molecule is CCC(N)(CC)CC.Cc1ccc(S(=O)(=O)O)cc1. The van der Waals surface area contributed by atoms with Gasteiger partial charge in [-0.1, -0.05) is 38.5 Å². The minimum absolute atomic E-state index is 0.0666. The fourth-order valence-electron chi connectivity index (χ4n) is 1.46. The van der Waals surface area contributed by atoms with Crippen molar-refractivity contribution in [2.75, 3.05) is 0 Å². The van der Waals surface area contributed by atoms with Gasteiger partial charge >= 0.3 is 0 Å². The molecule has 110 valence electrons. The number of aryl methyl sites for hydroxylation is 1. The summed E-state index contributed by atoms with van der Waals surface area (Å²) >= 11 is 0. The van der Waals surface area contributed by atoms with Crippen LogP contribution in [0.2, 0.25) is 0 Å². The van der Waals surface area contributed by atoms with E-state index in [-0.39, 0.29) is 10.4 Å². The first kappa shape index (κ1) is 18.1. The topological polar surface area (TPSA) is 80.4 Å². The first-order valence-corrected chi connectivity index (χ1v) is 7.95. The molecule has 1 aromatic rings. The zero-order valence-corrected chi connectivity index (χ0v) is 13.0. The number of nitrogens with two attached hydrogens (primary N) is 1. The Morgan fingerprint density at radius 3 is 1.63 bits per heavy atom. The van der Waals surface area contributed by atoms with Gasteiger partial charge in [-0.2, -0.15) is 8.42 Å². The van der Waals surface area contributed by atoms with Crippen LogP contribution in [0.1, 0.15) is 45.6 Å². The van der Waals surface area contributed by atoms with Crippen molar-refractivity contribution >= 4 is 10.1 Å². The molecule has 5 heteroatoms. The molecule has 0 aliphatic carbocycles. The first-order valence-electron chi connectivity index (χ1n) is 6.51. The van der Waals surface area contributed by atoms with Gasteiger partial charge in [0, 0.05) is 5.54 Å². The van der Waals surface area contributed by atoms with Crippen LogP contribution in [0.3, 0.4) is 0 Å². The third-order valence-electron chi connectivity index (χ3n) is 3.43. The van der Waals surface area contributed by atoms with E-state index in [4.69, 9.17) is 10.3 Å². The van der Waals surface area contributed by atoms with Crippen LogP contribution in [0.15, 0.2) is 29.2 Å². The van der Waals surface area contributed by atoms with E-state index >= 15 is 0 Å². The van der Waals surface area contributed by atoms with E-state index in [1.54, 1.807) is 12.1 Å². The molecule has 0 radical (unpaired) electrons. The average Bonchev–Trinajstić information content (AvgIpc) is 2.38. The summed E-state index contributed by atoms with van der Waals surface area (Å²) < 4.78 is 29.6. The molecule has 0 spiro atoms. The lowest BCUT2D eigenvalue weighted by Crippen LogP contribution is -2.37. The second-order valence-electron chi connectivity index (χ2n) is 4.71. The molecule has 0 fully saturated rings. The van der Waals surface area contributed by atoms with E-state index in [0.29, 0.717) is 0 Å². The van der Waals surface area contributed by atoms with E-state index in [1.807, 2.05) is 6.92 Å². The van der Waals surface area contributed by atoms with Crippen molar-refractivity contribution in [2.45, 2.75) is 57.4 Å². The van der Waals surface area contributed by atoms with Gasteiger partial charge in [-0.25, -0.2) is 0 Å². The normalized spacial score (nSPS) is 11.7. The maximum atomic E-state index is 10.5. The van der Waals surface area contributed by atoms with Gasteiger partial charge in [0.2, 0.25) is 0 Å². The average molecular weight is 287 g/mol. The van der Waals surface area contributed by atoms with Crippen molar-refractivity contribution in [1.29, 1.82) is 0 Å². The Morgan fingerprint density at radius 2 is 1.42 bits per heavy atom. The Bertz CT molecular complexity index is 454. The van der Waals surface area contributed by atoms with Gasteiger partial charge in [0.25, 0.3) is 10.1 Å². The van der Waals surface area contributed by atoms with Crippen LogP contribution in [-0.4, -0.2) is 18.5 Å². The summed E-state index contributed by atoms with van der Waals surface area (Å²) in [6, 6.07) is 5.99. The molecule has 3 N–H and O–H groups in total. The molecule has 0 aliphatic rings. The Balaban J connectivity index is 0.000000362. The van der Waals surface area contributed by atoms with Crippen molar-refractivity contribution in [2.24, 2.45) is 5.73 Å². The van der Waals surface area contributed by atoms with Crippen molar-refractivity contribution in [3.63, 3.8) is 0 Å². The summed E-state index contributed by atoms with van der Waals surface area (Å²) in [4.78, 5) is -0.0666. The summed E-state index contributed by atoms with van der Waals surface area (Å²) in [6.07, 6.45) is 3.29. The monoisotopic (exact) mass is 287 g/mol. The van der Waals surface area contributed by atoms with Crippen LogP contribution in [0.4, 0.5) is 0 Å². The molecular formula is C14H25NO3S. The van der Waals surface area contributed by atoms with E-state index in [9.17, 15) is 8.42 Å². The first-order chi connectivity index (χ1) is 8.68. The standard InChI is InChI=1S/C7H17N.C7H8O3S/c1-4-7(8,5-2)6-3;1-6-2-4-7(5-3-6)11(8,9)10/h4-6,8H2,1-3H3;2-5H,1H3,(H,8,9,10). The third kappa shape index (κ3) is 6.71. The van der Waals surface area contributed by atoms with Crippen LogP contribution >= 0.6 is 0 Å². The molecule has 0 heterocycles. The summed E-state index contributed by atoms with van der Waals surface area (Å²) in [5.41, 5.74) is 6.98. The quantitative estimate of drug-likeness (QED) is 0.834. The predicted octanol–water partition coefficient (Wildman–Crippen LogP) is 3.16. The van der Waals surface area contributed by atoms with E-state index in [0.717, 1.165) is 24.8 Å². The molecule has 0 atom stereocenters. The molecule has 0 unspecified atom stereocenters. The highest BCUT2D eigenvalue weighted by Crippen LogP contribution is 2.14. The molecule has 19 heavy (non-hydrogen) atoms. The number of benzene rings is 1. The van der Waals surface area contributed by atoms with E-state index < -0.39 is 10.1 Å². The highest BCUT2D eigenvalue weighted by molar-refractivity contribution is 7.85. The summed E-state index contributed by atoms with van der Waals surface area (Å²) in [6.45, 7) is 8.28. The van der Waals surface area contributed by atoms with Crippen LogP contribution in [-0.2, 0) is 10.1 Å². The number of hydrogen-bond acceptors (Lipinski definition) is 3. The maximum absolute atomic E-state index is 10.5. The van der Waals surface area contributed by atoms with Crippen LogP contribution < -0.4 is 5.73 Å². The fraction of sp³-hybridized carbons (Fsp3) is 0.571. The zero-order valence-electron chi connectivity index (χ0n) is 12.2. The zero-order chi connectivity index (χ0) is 15.1. The predicted molar refractivity (Wildman–Crippen MR) is 78.8 cm³/mol. The van der Waals surface area contributed by atoms with Gasteiger partial charge in [-0.3, -0.25) is 4.55 Å².